The van der Waals surface area contributed by atoms with Gasteiger partial charge in [-0.2, -0.15) is 15.5 Å². The van der Waals surface area contributed by atoms with Crippen molar-refractivity contribution in [3.05, 3.63) is 154 Å². The molecule has 4 aromatic carbocycles. The highest BCUT2D eigenvalue weighted by molar-refractivity contribution is 6.28. The van der Waals surface area contributed by atoms with Crippen LogP contribution in [0.4, 0.5) is 43.2 Å². The Hall–Kier alpha value is -7.95. The molecule has 328 valence electrons. The maximum atomic E-state index is 13.2. The Morgan fingerprint density at radius 1 is 0.646 bits per heavy atom. The molecule has 2 unspecified atom stereocenters. The Morgan fingerprint density at radius 2 is 1.06 bits per heavy atom. The minimum atomic E-state index is -0.490. The van der Waals surface area contributed by atoms with E-state index < -0.39 is 11.9 Å². The van der Waals surface area contributed by atoms with Crippen LogP contribution in [0, 0.1) is 34.3 Å². The van der Waals surface area contributed by atoms with Gasteiger partial charge < -0.3 is 19.6 Å². The molecule has 0 radical (unpaired) electrons. The first kappa shape index (κ1) is 46.6. The number of fused-ring (bicyclic) bond motifs is 2. The van der Waals surface area contributed by atoms with Gasteiger partial charge in [0.15, 0.2) is 23.2 Å². The molecular formula is C48H41ClF2N10O4. The predicted octanol–water partition coefficient (Wildman–Crippen LogP) is 8.73. The summed E-state index contributed by atoms with van der Waals surface area (Å²) in [4.78, 5) is 72.9. The van der Waals surface area contributed by atoms with Gasteiger partial charge in [-0.05, 0) is 128 Å². The monoisotopic (exact) mass is 894 g/mol. The number of rotatable bonds is 8. The second kappa shape index (κ2) is 20.5. The largest absolute Gasteiger partial charge is 0.312 e. The molecule has 2 aromatic heterocycles. The number of nitrogens with zero attached hydrogens (tertiary/aromatic N) is 10. The SMILES string of the molecule is CC(=O)c1ccc(F)cc1.CCC1C(=O)N(C)c2cnc(CC(=O)c3ccc(F)cc3)nc2N1c1ccc(C#N)cc1.CCC1C(=O)N(C)c2cnc(Cl)nc2N1c1ccc(C#N)cc1. The van der Waals surface area contributed by atoms with Crippen molar-refractivity contribution < 1.29 is 28.0 Å². The number of Topliss-reactive ketones (excluding diaryl/α,β-unsaturated/α-hetero) is 2. The topological polar surface area (TPSA) is 180 Å². The smallest absolute Gasteiger partial charge is 0.250 e. The maximum absolute atomic E-state index is 13.2. The molecular weight excluding hydrogens is 854 g/mol. The number of likely N-dealkylation sites (N-methyl/N-ethyl adjacent to an activating group) is 2. The van der Waals surface area contributed by atoms with Crippen LogP contribution < -0.4 is 19.6 Å². The first-order valence-electron chi connectivity index (χ1n) is 20.3. The predicted molar refractivity (Wildman–Crippen MR) is 241 cm³/mol. The van der Waals surface area contributed by atoms with E-state index in [0.717, 1.165) is 5.69 Å². The second-order valence-electron chi connectivity index (χ2n) is 14.7. The molecule has 0 aliphatic carbocycles. The van der Waals surface area contributed by atoms with E-state index in [1.54, 1.807) is 73.7 Å². The third-order valence-corrected chi connectivity index (χ3v) is 10.8. The van der Waals surface area contributed by atoms with E-state index in [0.29, 0.717) is 69.6 Å². The van der Waals surface area contributed by atoms with Crippen molar-refractivity contribution in [2.24, 2.45) is 0 Å². The third kappa shape index (κ3) is 10.3. The standard InChI is InChI=1S/C24H20FN5O2.C16H14ClN5O.C8H7FO/c1-3-19-24(32)29(2)20-14-27-22(12-21(31)16-6-8-17(25)9-7-16)28-23(20)30(19)18-10-4-15(13-26)5-11-18;1-3-12-15(23)21(2)13-9-19-16(17)20-14(13)22(12)11-6-4-10(8-18)5-7-11;1-6(10)7-2-4-8(9)5-3-7/h4-11,14,19H,3,12H2,1-2H3;4-7,9,12H,3H2,1-2H3;2-5H,1H3. The summed E-state index contributed by atoms with van der Waals surface area (Å²) >= 11 is 5.96. The first-order chi connectivity index (χ1) is 31.2. The fraction of sp³-hybridized carbons (Fsp3) is 0.208. The zero-order valence-corrected chi connectivity index (χ0v) is 36.7. The highest BCUT2D eigenvalue weighted by Gasteiger charge is 2.39. The summed E-state index contributed by atoms with van der Waals surface area (Å²) in [5.74, 6) is 0.270. The molecule has 17 heteroatoms. The van der Waals surface area contributed by atoms with Crippen molar-refractivity contribution in [1.82, 2.24) is 19.9 Å². The van der Waals surface area contributed by atoms with Crippen LogP contribution in [0.25, 0.3) is 0 Å². The number of ketones is 2. The van der Waals surface area contributed by atoms with Gasteiger partial charge in [0.1, 0.15) is 40.9 Å². The van der Waals surface area contributed by atoms with Crippen LogP contribution in [-0.4, -0.2) is 69.5 Å². The van der Waals surface area contributed by atoms with Gasteiger partial charge in [-0.1, -0.05) is 13.8 Å². The molecule has 0 saturated heterocycles. The lowest BCUT2D eigenvalue weighted by Crippen LogP contribution is -2.50. The zero-order valence-electron chi connectivity index (χ0n) is 35.9. The number of benzene rings is 4. The summed E-state index contributed by atoms with van der Waals surface area (Å²) < 4.78 is 25.4. The van der Waals surface area contributed by atoms with Crippen LogP contribution in [0.2, 0.25) is 5.28 Å². The molecule has 0 fully saturated rings. The molecule has 0 saturated carbocycles. The Morgan fingerprint density at radius 3 is 1.48 bits per heavy atom. The van der Waals surface area contributed by atoms with Crippen LogP contribution >= 0.6 is 11.6 Å². The fourth-order valence-corrected chi connectivity index (χ4v) is 7.27. The molecule has 2 aliphatic heterocycles. The molecule has 4 heterocycles. The highest BCUT2D eigenvalue weighted by Crippen LogP contribution is 2.41. The van der Waals surface area contributed by atoms with Crippen molar-refractivity contribution in [3.8, 4) is 12.1 Å². The summed E-state index contributed by atoms with van der Waals surface area (Å²) in [5, 5.41) is 18.2. The Labute approximate surface area is 379 Å². The summed E-state index contributed by atoms with van der Waals surface area (Å²) in [6, 6.07) is 28.1. The highest BCUT2D eigenvalue weighted by atomic mass is 35.5. The minimum absolute atomic E-state index is 0.0321. The number of anilines is 6. The summed E-state index contributed by atoms with van der Waals surface area (Å²) in [6.07, 6.45) is 4.18. The Bertz CT molecular complexity index is 2820. The van der Waals surface area contributed by atoms with Gasteiger partial charge in [0.05, 0.1) is 42.1 Å². The molecule has 65 heavy (non-hydrogen) atoms. The van der Waals surface area contributed by atoms with Gasteiger partial charge >= 0.3 is 0 Å². The quantitative estimate of drug-likeness (QED) is 0.105. The van der Waals surface area contributed by atoms with Gasteiger partial charge in [0, 0.05) is 36.6 Å². The van der Waals surface area contributed by atoms with E-state index in [2.05, 4.69) is 32.1 Å². The van der Waals surface area contributed by atoms with E-state index >= 15 is 0 Å². The Balaban J connectivity index is 0.000000184. The van der Waals surface area contributed by atoms with E-state index in [1.165, 1.54) is 66.6 Å². The summed E-state index contributed by atoms with van der Waals surface area (Å²) in [5.41, 5.74) is 4.62. The molecule has 6 aromatic rings. The molecule has 2 aliphatic rings. The van der Waals surface area contributed by atoms with E-state index in [4.69, 9.17) is 22.1 Å². The summed E-state index contributed by atoms with van der Waals surface area (Å²) in [6.45, 7) is 5.31. The van der Waals surface area contributed by atoms with Crippen LogP contribution in [0.5, 0.6) is 0 Å². The minimum Gasteiger partial charge on any atom is -0.312 e. The van der Waals surface area contributed by atoms with Crippen LogP contribution in [0.1, 0.15) is 71.3 Å². The molecule has 0 N–H and O–H groups in total. The molecule has 2 atom stereocenters. The molecule has 14 nitrogen and oxygen atoms in total. The average Bonchev–Trinajstić information content (AvgIpc) is 3.32. The fourth-order valence-electron chi connectivity index (χ4n) is 7.14. The van der Waals surface area contributed by atoms with E-state index in [-0.39, 0.29) is 46.9 Å². The number of nitriles is 2. The number of amides is 2. The number of hydrogen-bond donors (Lipinski definition) is 0. The third-order valence-electron chi connectivity index (χ3n) is 10.6. The van der Waals surface area contributed by atoms with Gasteiger partial charge in [0.2, 0.25) is 17.1 Å². The average molecular weight is 895 g/mol. The van der Waals surface area contributed by atoms with Crippen LogP contribution in [0.3, 0.4) is 0 Å². The Kier molecular flexibility index (Phi) is 14.7. The lowest BCUT2D eigenvalue weighted by atomic mass is 10.0. The van der Waals surface area contributed by atoms with Crippen LogP contribution in [0.15, 0.2) is 109 Å². The van der Waals surface area contributed by atoms with Crippen molar-refractivity contribution >= 4 is 69.4 Å². The number of halogens is 3. The number of hydrogen-bond acceptors (Lipinski definition) is 12. The number of carbonyl (C=O) groups is 4. The molecule has 0 bridgehead atoms. The zero-order chi connectivity index (χ0) is 46.9. The van der Waals surface area contributed by atoms with Crippen molar-refractivity contribution in [1.29, 1.82) is 10.5 Å². The molecule has 0 spiro atoms. The van der Waals surface area contributed by atoms with Gasteiger partial charge in [-0.3, -0.25) is 19.2 Å². The van der Waals surface area contributed by atoms with Crippen LogP contribution in [-0.2, 0) is 16.0 Å². The molecule has 8 rings (SSSR count). The lowest BCUT2D eigenvalue weighted by Gasteiger charge is -2.40. The number of aromatic nitrogens is 4. The van der Waals surface area contributed by atoms with E-state index in [9.17, 15) is 28.0 Å². The normalized spacial score (nSPS) is 15.0. The van der Waals surface area contributed by atoms with Gasteiger partial charge in [-0.25, -0.2) is 23.7 Å². The lowest BCUT2D eigenvalue weighted by molar-refractivity contribution is -0.120. The maximum Gasteiger partial charge on any atom is 0.250 e. The number of carbonyl (C=O) groups excluding carboxylic acids is 4. The van der Waals surface area contributed by atoms with Gasteiger partial charge in [0.25, 0.3) is 0 Å². The molecule has 2 amide bonds. The van der Waals surface area contributed by atoms with Crippen molar-refractivity contribution in [2.75, 3.05) is 33.7 Å². The van der Waals surface area contributed by atoms with Gasteiger partial charge in [-0.15, -0.1) is 0 Å². The second-order valence-corrected chi connectivity index (χ2v) is 15.1. The first-order valence-corrected chi connectivity index (χ1v) is 20.6. The summed E-state index contributed by atoms with van der Waals surface area (Å²) in [7, 11) is 3.38. The van der Waals surface area contributed by atoms with Crippen molar-refractivity contribution in [3.63, 3.8) is 0 Å². The van der Waals surface area contributed by atoms with Crippen molar-refractivity contribution in [2.45, 2.75) is 52.1 Å². The van der Waals surface area contributed by atoms with E-state index in [1.807, 2.05) is 23.6 Å².